The zero-order valence-corrected chi connectivity index (χ0v) is 20.8. The van der Waals surface area contributed by atoms with E-state index in [1.54, 1.807) is 28.6 Å². The number of sulfonamides is 1. The van der Waals surface area contributed by atoms with Gasteiger partial charge in [-0.2, -0.15) is 4.31 Å². The molecule has 0 spiro atoms. The summed E-state index contributed by atoms with van der Waals surface area (Å²) in [4.78, 5) is 13.1. The molecule has 0 saturated carbocycles. The second-order valence-electron chi connectivity index (χ2n) is 8.74. The van der Waals surface area contributed by atoms with Crippen LogP contribution in [0.2, 0.25) is 0 Å². The van der Waals surface area contributed by atoms with Crippen LogP contribution in [0.25, 0.3) is 11.1 Å². The van der Waals surface area contributed by atoms with Crippen LogP contribution >= 0.6 is 0 Å². The number of hydrogen-bond acceptors (Lipinski definition) is 4. The van der Waals surface area contributed by atoms with Gasteiger partial charge < -0.3 is 10.1 Å². The molecular weight excluding hydrogens is 460 g/mol. The van der Waals surface area contributed by atoms with Crippen molar-refractivity contribution < 1.29 is 17.9 Å². The Bertz CT molecular complexity index is 1200. The molecule has 0 bridgehead atoms. The van der Waals surface area contributed by atoms with Crippen LogP contribution in [0.15, 0.2) is 83.8 Å². The molecule has 3 aromatic carbocycles. The van der Waals surface area contributed by atoms with Gasteiger partial charge in [0.1, 0.15) is 5.75 Å². The molecule has 1 saturated heterocycles. The number of nitrogens with one attached hydrogen (secondary N) is 1. The molecule has 1 amide bonds. The van der Waals surface area contributed by atoms with E-state index in [9.17, 15) is 13.2 Å². The minimum absolute atomic E-state index is 0.249. The molecule has 1 aliphatic heterocycles. The molecule has 1 heterocycles. The van der Waals surface area contributed by atoms with E-state index >= 15 is 0 Å². The number of nitrogens with zero attached hydrogens (tertiary/aromatic N) is 1. The lowest BCUT2D eigenvalue weighted by Gasteiger charge is -2.20. The molecule has 1 unspecified atom stereocenters. The molecule has 1 N–H and O–H groups in total. The van der Waals surface area contributed by atoms with E-state index in [2.05, 4.69) is 5.32 Å². The Labute approximate surface area is 208 Å². The van der Waals surface area contributed by atoms with Gasteiger partial charge in [-0.3, -0.25) is 4.79 Å². The second-order valence-corrected chi connectivity index (χ2v) is 10.7. The minimum atomic E-state index is -3.52. The average molecular weight is 493 g/mol. The number of ether oxygens (including phenoxy) is 1. The van der Waals surface area contributed by atoms with E-state index in [1.165, 1.54) is 0 Å². The quantitative estimate of drug-likeness (QED) is 0.437. The summed E-state index contributed by atoms with van der Waals surface area (Å²) in [6.45, 7) is 3.00. The Morgan fingerprint density at radius 2 is 1.46 bits per heavy atom. The lowest BCUT2D eigenvalue weighted by Crippen LogP contribution is -2.32. The first-order chi connectivity index (χ1) is 17.0. The van der Waals surface area contributed by atoms with Crippen molar-refractivity contribution in [3.63, 3.8) is 0 Å². The van der Waals surface area contributed by atoms with Gasteiger partial charge in [-0.15, -0.1) is 0 Å². The van der Waals surface area contributed by atoms with Gasteiger partial charge in [0, 0.05) is 18.8 Å². The Hall–Kier alpha value is -3.16. The van der Waals surface area contributed by atoms with Crippen molar-refractivity contribution >= 4 is 21.6 Å². The fraction of sp³-hybridized carbons (Fsp3) is 0.321. The van der Waals surface area contributed by atoms with Gasteiger partial charge >= 0.3 is 0 Å². The van der Waals surface area contributed by atoms with Crippen molar-refractivity contribution in [2.45, 2.75) is 50.0 Å². The summed E-state index contributed by atoms with van der Waals surface area (Å²) < 4.78 is 33.4. The van der Waals surface area contributed by atoms with Crippen LogP contribution in [0.3, 0.4) is 0 Å². The first kappa shape index (κ1) is 24.9. The van der Waals surface area contributed by atoms with Crippen molar-refractivity contribution in [1.29, 1.82) is 0 Å². The van der Waals surface area contributed by atoms with Gasteiger partial charge in [0.05, 0.1) is 4.90 Å². The van der Waals surface area contributed by atoms with Crippen LogP contribution in [0.1, 0.15) is 39.0 Å². The van der Waals surface area contributed by atoms with Crippen LogP contribution in [-0.4, -0.2) is 37.8 Å². The molecule has 3 aromatic rings. The predicted octanol–water partition coefficient (Wildman–Crippen LogP) is 5.71. The molecule has 0 aromatic heterocycles. The molecule has 0 radical (unpaired) electrons. The highest BCUT2D eigenvalue weighted by Crippen LogP contribution is 2.24. The van der Waals surface area contributed by atoms with Crippen molar-refractivity contribution in [1.82, 2.24) is 4.31 Å². The molecular formula is C28H32N2O4S. The van der Waals surface area contributed by atoms with Crippen LogP contribution in [0.5, 0.6) is 5.75 Å². The van der Waals surface area contributed by atoms with Gasteiger partial charge in [0.15, 0.2) is 6.10 Å². The molecule has 6 nitrogen and oxygen atoms in total. The van der Waals surface area contributed by atoms with Crippen LogP contribution in [0.4, 0.5) is 5.69 Å². The smallest absolute Gasteiger partial charge is 0.265 e. The van der Waals surface area contributed by atoms with Crippen molar-refractivity contribution in [3.8, 4) is 16.9 Å². The lowest BCUT2D eigenvalue weighted by atomic mass is 10.1. The third-order valence-electron chi connectivity index (χ3n) is 6.23. The third-order valence-corrected chi connectivity index (χ3v) is 8.14. The fourth-order valence-electron chi connectivity index (χ4n) is 4.21. The average Bonchev–Trinajstić information content (AvgIpc) is 3.19. The second kappa shape index (κ2) is 11.5. The molecule has 184 valence electrons. The van der Waals surface area contributed by atoms with E-state index < -0.39 is 16.1 Å². The number of benzene rings is 3. The standard InChI is InChI=1S/C28H32N2O4S/c1-2-27(34-25-16-12-23(13-17-25)22-10-6-5-7-11-22)28(31)29-24-14-18-26(19-15-24)35(32,33)30-20-8-3-4-9-21-30/h5-7,10-19,27H,2-4,8-9,20-21H2,1H3,(H,29,31). The molecule has 1 fully saturated rings. The normalized spacial score (nSPS) is 15.7. The lowest BCUT2D eigenvalue weighted by molar-refractivity contribution is -0.122. The van der Waals surface area contributed by atoms with E-state index in [4.69, 9.17) is 4.74 Å². The van der Waals surface area contributed by atoms with E-state index in [0.717, 1.165) is 36.8 Å². The van der Waals surface area contributed by atoms with Crippen LogP contribution in [0, 0.1) is 0 Å². The highest BCUT2D eigenvalue weighted by molar-refractivity contribution is 7.89. The predicted molar refractivity (Wildman–Crippen MR) is 139 cm³/mol. The third kappa shape index (κ3) is 6.29. The van der Waals surface area contributed by atoms with Gasteiger partial charge in [0.25, 0.3) is 5.91 Å². The number of carbonyl (C=O) groups excluding carboxylic acids is 1. The monoisotopic (exact) mass is 492 g/mol. The Morgan fingerprint density at radius 1 is 0.857 bits per heavy atom. The highest BCUT2D eigenvalue weighted by atomic mass is 32.2. The van der Waals surface area contributed by atoms with Crippen molar-refractivity contribution in [3.05, 3.63) is 78.9 Å². The number of amides is 1. The van der Waals surface area contributed by atoms with Gasteiger partial charge in [0.2, 0.25) is 10.0 Å². The topological polar surface area (TPSA) is 75.7 Å². The number of anilines is 1. The first-order valence-electron chi connectivity index (χ1n) is 12.2. The molecule has 1 atom stereocenters. The van der Waals surface area contributed by atoms with E-state index in [0.29, 0.717) is 30.9 Å². The van der Waals surface area contributed by atoms with Crippen LogP contribution in [-0.2, 0) is 14.8 Å². The maximum absolute atomic E-state index is 13.0. The summed E-state index contributed by atoms with van der Waals surface area (Å²) in [7, 11) is -3.52. The highest BCUT2D eigenvalue weighted by Gasteiger charge is 2.25. The van der Waals surface area contributed by atoms with E-state index in [1.807, 2.05) is 61.5 Å². The zero-order chi connectivity index (χ0) is 24.7. The largest absolute Gasteiger partial charge is 0.481 e. The minimum Gasteiger partial charge on any atom is -0.481 e. The summed E-state index contributed by atoms with van der Waals surface area (Å²) in [6, 6.07) is 24.1. The van der Waals surface area contributed by atoms with Crippen molar-refractivity contribution in [2.24, 2.45) is 0 Å². The van der Waals surface area contributed by atoms with Gasteiger partial charge in [-0.25, -0.2) is 8.42 Å². The summed E-state index contributed by atoms with van der Waals surface area (Å²) in [5, 5.41) is 2.85. The number of carbonyl (C=O) groups is 1. The Morgan fingerprint density at radius 3 is 2.06 bits per heavy atom. The fourth-order valence-corrected chi connectivity index (χ4v) is 5.72. The summed E-state index contributed by atoms with van der Waals surface area (Å²) in [5.41, 5.74) is 2.72. The maximum atomic E-state index is 13.0. The van der Waals surface area contributed by atoms with Crippen molar-refractivity contribution in [2.75, 3.05) is 18.4 Å². The summed E-state index contributed by atoms with van der Waals surface area (Å²) in [5.74, 6) is 0.341. The number of rotatable bonds is 8. The Balaban J connectivity index is 1.38. The molecule has 1 aliphatic rings. The maximum Gasteiger partial charge on any atom is 0.265 e. The van der Waals surface area contributed by atoms with Crippen LogP contribution < -0.4 is 10.1 Å². The Kier molecular flexibility index (Phi) is 8.21. The zero-order valence-electron chi connectivity index (χ0n) is 20.0. The summed E-state index contributed by atoms with van der Waals surface area (Å²) in [6.07, 6.45) is 3.73. The van der Waals surface area contributed by atoms with Gasteiger partial charge in [-0.1, -0.05) is 62.2 Å². The number of hydrogen-bond donors (Lipinski definition) is 1. The summed E-state index contributed by atoms with van der Waals surface area (Å²) >= 11 is 0. The van der Waals surface area contributed by atoms with E-state index in [-0.39, 0.29) is 10.8 Å². The molecule has 4 rings (SSSR count). The molecule has 7 heteroatoms. The SMILES string of the molecule is CCC(Oc1ccc(-c2ccccc2)cc1)C(=O)Nc1ccc(S(=O)(=O)N2CCCCCC2)cc1. The van der Waals surface area contributed by atoms with Gasteiger partial charge in [-0.05, 0) is 66.8 Å². The first-order valence-corrected chi connectivity index (χ1v) is 13.6. The molecule has 0 aliphatic carbocycles. The molecule has 35 heavy (non-hydrogen) atoms.